The molecular formula is C16H30O6. The fourth-order valence-electron chi connectivity index (χ4n) is 2.60. The van der Waals surface area contributed by atoms with E-state index in [0.717, 1.165) is 38.5 Å². The summed E-state index contributed by atoms with van der Waals surface area (Å²) in [5.41, 5.74) is 0. The average Bonchev–Trinajstić information content (AvgIpc) is 2.43. The quantitative estimate of drug-likeness (QED) is 0.534. The maximum absolute atomic E-state index is 10.4. The molecule has 0 aromatic carbocycles. The van der Waals surface area contributed by atoms with Gasteiger partial charge >= 0.3 is 5.97 Å². The van der Waals surface area contributed by atoms with Crippen molar-refractivity contribution in [1.82, 2.24) is 0 Å². The summed E-state index contributed by atoms with van der Waals surface area (Å²) in [6, 6.07) is 0. The van der Waals surface area contributed by atoms with Gasteiger partial charge in [-0.25, -0.2) is 0 Å². The summed E-state index contributed by atoms with van der Waals surface area (Å²) in [6.07, 6.45) is 3.76. The van der Waals surface area contributed by atoms with Crippen LogP contribution in [0.1, 0.15) is 65.2 Å². The normalized spacial score (nSPS) is 30.2. The molecule has 1 rings (SSSR count). The van der Waals surface area contributed by atoms with Crippen LogP contribution in [0.3, 0.4) is 0 Å². The molecule has 1 heterocycles. The Morgan fingerprint density at radius 3 is 2.50 bits per heavy atom. The number of ether oxygens (including phenoxy) is 2. The monoisotopic (exact) mass is 318 g/mol. The van der Waals surface area contributed by atoms with Gasteiger partial charge in [-0.1, -0.05) is 25.7 Å². The number of unbranched alkanes of at least 4 members (excludes halogenated alkanes) is 4. The van der Waals surface area contributed by atoms with Crippen LogP contribution in [-0.2, 0) is 14.3 Å². The maximum Gasteiger partial charge on any atom is 0.303 e. The second-order valence-corrected chi connectivity index (χ2v) is 6.23. The minimum atomic E-state index is -0.787. The number of aliphatic hydroxyl groups excluding tert-OH is 2. The lowest BCUT2D eigenvalue weighted by Crippen LogP contribution is -2.48. The van der Waals surface area contributed by atoms with Gasteiger partial charge in [-0.15, -0.1) is 0 Å². The predicted octanol–water partition coefficient (Wildman–Crippen LogP) is 2.06. The van der Waals surface area contributed by atoms with Crippen LogP contribution in [0.2, 0.25) is 0 Å². The number of carbonyl (C=O) groups is 1. The van der Waals surface area contributed by atoms with Crippen molar-refractivity contribution in [2.24, 2.45) is 0 Å². The average molecular weight is 318 g/mol. The summed E-state index contributed by atoms with van der Waals surface area (Å²) < 4.78 is 11.2. The number of rotatable bonds is 10. The molecule has 0 aromatic rings. The minimum Gasteiger partial charge on any atom is -0.481 e. The van der Waals surface area contributed by atoms with Gasteiger partial charge in [0.05, 0.1) is 18.3 Å². The lowest BCUT2D eigenvalue weighted by molar-refractivity contribution is -0.273. The molecular weight excluding hydrogens is 288 g/mol. The van der Waals surface area contributed by atoms with Crippen LogP contribution < -0.4 is 0 Å². The van der Waals surface area contributed by atoms with E-state index in [4.69, 9.17) is 14.6 Å². The molecule has 0 amide bonds. The Hall–Kier alpha value is -0.690. The van der Waals surface area contributed by atoms with Gasteiger partial charge in [0, 0.05) is 12.8 Å². The van der Waals surface area contributed by atoms with Crippen LogP contribution >= 0.6 is 0 Å². The van der Waals surface area contributed by atoms with Crippen molar-refractivity contribution in [3.63, 3.8) is 0 Å². The molecule has 0 aromatic heterocycles. The highest BCUT2D eigenvalue weighted by Gasteiger charge is 2.35. The zero-order valence-corrected chi connectivity index (χ0v) is 13.6. The van der Waals surface area contributed by atoms with E-state index >= 15 is 0 Å². The first-order chi connectivity index (χ1) is 10.4. The maximum atomic E-state index is 10.4. The number of aliphatic hydroxyl groups is 2. The zero-order chi connectivity index (χ0) is 16.5. The fourth-order valence-corrected chi connectivity index (χ4v) is 2.60. The number of hydrogen-bond acceptors (Lipinski definition) is 5. The van der Waals surface area contributed by atoms with E-state index in [1.54, 1.807) is 6.92 Å². The van der Waals surface area contributed by atoms with Gasteiger partial charge in [-0.2, -0.15) is 0 Å². The fraction of sp³-hybridized carbons (Fsp3) is 0.938. The van der Waals surface area contributed by atoms with E-state index in [1.165, 1.54) is 0 Å². The van der Waals surface area contributed by atoms with E-state index in [2.05, 4.69) is 0 Å². The molecule has 5 unspecified atom stereocenters. The van der Waals surface area contributed by atoms with Crippen LogP contribution in [-0.4, -0.2) is 52.0 Å². The molecule has 1 saturated heterocycles. The van der Waals surface area contributed by atoms with Crippen molar-refractivity contribution in [3.8, 4) is 0 Å². The molecule has 1 fully saturated rings. The highest BCUT2D eigenvalue weighted by Crippen LogP contribution is 2.23. The van der Waals surface area contributed by atoms with Crippen LogP contribution in [0.25, 0.3) is 0 Å². The van der Waals surface area contributed by atoms with Gasteiger partial charge in [-0.05, 0) is 26.7 Å². The second-order valence-electron chi connectivity index (χ2n) is 6.23. The highest BCUT2D eigenvalue weighted by molar-refractivity contribution is 5.66. The van der Waals surface area contributed by atoms with Crippen molar-refractivity contribution in [2.75, 3.05) is 0 Å². The first-order valence-electron chi connectivity index (χ1n) is 8.29. The van der Waals surface area contributed by atoms with Crippen LogP contribution in [0.15, 0.2) is 0 Å². The molecule has 5 atom stereocenters. The Balaban J connectivity index is 2.08. The van der Waals surface area contributed by atoms with Crippen molar-refractivity contribution in [2.45, 2.75) is 95.9 Å². The first-order valence-corrected chi connectivity index (χ1v) is 8.29. The summed E-state index contributed by atoms with van der Waals surface area (Å²) in [5.74, 6) is -0.729. The largest absolute Gasteiger partial charge is 0.481 e. The summed E-state index contributed by atoms with van der Waals surface area (Å²) in [6.45, 7) is 3.73. The van der Waals surface area contributed by atoms with E-state index < -0.39 is 24.5 Å². The summed E-state index contributed by atoms with van der Waals surface area (Å²) in [4.78, 5) is 10.4. The topological polar surface area (TPSA) is 96.2 Å². The van der Waals surface area contributed by atoms with Gasteiger partial charge in [-0.3, -0.25) is 4.79 Å². The third-order valence-electron chi connectivity index (χ3n) is 4.06. The lowest BCUT2D eigenvalue weighted by Gasteiger charge is -2.36. The Morgan fingerprint density at radius 2 is 1.82 bits per heavy atom. The van der Waals surface area contributed by atoms with E-state index in [-0.39, 0.29) is 25.0 Å². The molecule has 0 spiro atoms. The molecule has 3 N–H and O–H groups in total. The van der Waals surface area contributed by atoms with Crippen molar-refractivity contribution >= 4 is 5.97 Å². The van der Waals surface area contributed by atoms with Crippen LogP contribution in [0.5, 0.6) is 0 Å². The molecule has 6 nitrogen and oxygen atoms in total. The Labute approximate surface area is 132 Å². The number of aliphatic carboxylic acids is 1. The Kier molecular flexibility index (Phi) is 8.93. The van der Waals surface area contributed by atoms with Gasteiger partial charge in [0.1, 0.15) is 6.10 Å². The molecule has 1 aliphatic heterocycles. The highest BCUT2D eigenvalue weighted by atomic mass is 16.7. The molecule has 1 aliphatic rings. The van der Waals surface area contributed by atoms with Gasteiger partial charge in [0.2, 0.25) is 0 Å². The molecule has 130 valence electrons. The Bertz CT molecular complexity index is 322. The van der Waals surface area contributed by atoms with Crippen LogP contribution in [0.4, 0.5) is 0 Å². The molecule has 0 aliphatic carbocycles. The first kappa shape index (κ1) is 19.4. The summed E-state index contributed by atoms with van der Waals surface area (Å²) in [5, 5.41) is 28.0. The molecule has 0 saturated carbocycles. The summed E-state index contributed by atoms with van der Waals surface area (Å²) >= 11 is 0. The van der Waals surface area contributed by atoms with Crippen LogP contribution in [0, 0.1) is 0 Å². The Morgan fingerprint density at radius 1 is 1.18 bits per heavy atom. The second kappa shape index (κ2) is 10.2. The van der Waals surface area contributed by atoms with Crippen molar-refractivity contribution < 1.29 is 29.6 Å². The van der Waals surface area contributed by atoms with Gasteiger partial charge in [0.25, 0.3) is 0 Å². The number of hydrogen-bond donors (Lipinski definition) is 3. The van der Waals surface area contributed by atoms with E-state index in [0.29, 0.717) is 0 Å². The van der Waals surface area contributed by atoms with Gasteiger partial charge < -0.3 is 24.8 Å². The number of carboxylic acids is 1. The van der Waals surface area contributed by atoms with Crippen molar-refractivity contribution in [3.05, 3.63) is 0 Å². The molecule has 6 heteroatoms. The summed E-state index contributed by atoms with van der Waals surface area (Å²) in [7, 11) is 0. The minimum absolute atomic E-state index is 0.0129. The zero-order valence-electron chi connectivity index (χ0n) is 13.6. The smallest absolute Gasteiger partial charge is 0.303 e. The van der Waals surface area contributed by atoms with Crippen molar-refractivity contribution in [1.29, 1.82) is 0 Å². The molecule has 22 heavy (non-hydrogen) atoms. The SMILES string of the molecule is CC(CCCCCCCC(=O)O)OC1OC(C)C(O)CC1O. The molecule has 0 bridgehead atoms. The lowest BCUT2D eigenvalue weighted by atomic mass is 10.0. The predicted molar refractivity (Wildman–Crippen MR) is 81.5 cm³/mol. The van der Waals surface area contributed by atoms with E-state index in [9.17, 15) is 15.0 Å². The van der Waals surface area contributed by atoms with E-state index in [1.807, 2.05) is 6.92 Å². The standard InChI is InChI=1S/C16H30O6/c1-11(8-6-4-3-5-7-9-15(19)20)21-16-14(18)10-13(17)12(2)22-16/h11-14,16-18H,3-10H2,1-2H3,(H,19,20). The van der Waals surface area contributed by atoms with Gasteiger partial charge in [0.15, 0.2) is 6.29 Å². The molecule has 0 radical (unpaired) electrons. The third-order valence-corrected chi connectivity index (χ3v) is 4.06. The third kappa shape index (κ3) is 7.54. The number of carboxylic acid groups (broad SMARTS) is 1.